The van der Waals surface area contributed by atoms with Crippen LogP contribution >= 0.6 is 0 Å². The predicted octanol–water partition coefficient (Wildman–Crippen LogP) is 4.36. The molecule has 0 aliphatic carbocycles. The lowest BCUT2D eigenvalue weighted by Crippen LogP contribution is -2.30. The van der Waals surface area contributed by atoms with Crippen LogP contribution in [0, 0.1) is 6.92 Å². The highest BCUT2D eigenvalue weighted by Gasteiger charge is 2.17. The third-order valence-corrected chi connectivity index (χ3v) is 5.29. The summed E-state index contributed by atoms with van der Waals surface area (Å²) < 4.78 is 5.69. The van der Waals surface area contributed by atoms with E-state index in [2.05, 4.69) is 46.0 Å². The Morgan fingerprint density at radius 1 is 0.852 bits per heavy atom. The normalized spacial score (nSPS) is 16.3. The van der Waals surface area contributed by atoms with Gasteiger partial charge in [-0.1, -0.05) is 42.5 Å². The number of nitrogens with zero attached hydrogens (tertiary/aromatic N) is 3. The van der Waals surface area contributed by atoms with Gasteiger partial charge >= 0.3 is 0 Å². The van der Waals surface area contributed by atoms with E-state index in [9.17, 15) is 0 Å². The lowest BCUT2D eigenvalue weighted by Gasteiger charge is -2.22. The molecule has 0 radical (unpaired) electrons. The van der Waals surface area contributed by atoms with Crippen LogP contribution in [0.3, 0.4) is 0 Å². The van der Waals surface area contributed by atoms with Crippen LogP contribution in [0.2, 0.25) is 0 Å². The Kier molecular flexibility index (Phi) is 5.66. The van der Waals surface area contributed by atoms with E-state index in [1.807, 2.05) is 30.3 Å². The Labute approximate surface area is 161 Å². The van der Waals surface area contributed by atoms with Gasteiger partial charge in [0.25, 0.3) is 0 Å². The van der Waals surface area contributed by atoms with Crippen molar-refractivity contribution in [2.75, 3.05) is 26.2 Å². The summed E-state index contributed by atoms with van der Waals surface area (Å²) >= 11 is 0. The van der Waals surface area contributed by atoms with Gasteiger partial charge in [0.1, 0.15) is 6.26 Å². The second kappa shape index (κ2) is 8.51. The van der Waals surface area contributed by atoms with E-state index in [0.717, 1.165) is 50.5 Å². The summed E-state index contributed by atoms with van der Waals surface area (Å²) in [5, 5.41) is 0. The van der Waals surface area contributed by atoms with Gasteiger partial charge in [0.15, 0.2) is 0 Å². The maximum absolute atomic E-state index is 5.69. The van der Waals surface area contributed by atoms with Crippen LogP contribution in [0.15, 0.2) is 65.3 Å². The number of oxazole rings is 1. The minimum atomic E-state index is 0.710. The first kappa shape index (κ1) is 18.0. The summed E-state index contributed by atoms with van der Waals surface area (Å²) in [4.78, 5) is 9.74. The zero-order chi connectivity index (χ0) is 18.5. The van der Waals surface area contributed by atoms with Crippen molar-refractivity contribution in [2.45, 2.75) is 26.4 Å². The van der Waals surface area contributed by atoms with Crippen molar-refractivity contribution < 1.29 is 4.42 Å². The fourth-order valence-electron chi connectivity index (χ4n) is 3.69. The second-order valence-corrected chi connectivity index (χ2v) is 7.34. The molecule has 4 rings (SSSR count). The molecule has 1 saturated heterocycles. The molecule has 140 valence electrons. The predicted molar refractivity (Wildman–Crippen MR) is 108 cm³/mol. The molecule has 0 saturated carbocycles. The maximum atomic E-state index is 5.69. The summed E-state index contributed by atoms with van der Waals surface area (Å²) in [6.07, 6.45) is 2.99. The number of hydrogen-bond donors (Lipinski definition) is 0. The van der Waals surface area contributed by atoms with Crippen molar-refractivity contribution in [3.63, 3.8) is 0 Å². The quantitative estimate of drug-likeness (QED) is 0.676. The van der Waals surface area contributed by atoms with Crippen LogP contribution in [0.25, 0.3) is 11.5 Å². The van der Waals surface area contributed by atoms with Crippen LogP contribution < -0.4 is 0 Å². The molecule has 0 bridgehead atoms. The monoisotopic (exact) mass is 361 g/mol. The number of benzene rings is 2. The lowest BCUT2D eigenvalue weighted by molar-refractivity contribution is 0.245. The summed E-state index contributed by atoms with van der Waals surface area (Å²) in [5.74, 6) is 0.710. The highest BCUT2D eigenvalue weighted by atomic mass is 16.3. The van der Waals surface area contributed by atoms with E-state index < -0.39 is 0 Å². The van der Waals surface area contributed by atoms with Crippen molar-refractivity contribution in [3.8, 4) is 11.5 Å². The first-order chi connectivity index (χ1) is 13.3. The van der Waals surface area contributed by atoms with Crippen molar-refractivity contribution in [3.05, 3.63) is 77.7 Å². The molecule has 0 spiro atoms. The zero-order valence-electron chi connectivity index (χ0n) is 16.0. The molecular weight excluding hydrogens is 334 g/mol. The fraction of sp³-hybridized carbons (Fsp3) is 0.348. The summed E-state index contributed by atoms with van der Waals surface area (Å²) in [6, 6.07) is 18.8. The third kappa shape index (κ3) is 4.65. The summed E-state index contributed by atoms with van der Waals surface area (Å²) in [7, 11) is 0. The molecule has 0 unspecified atom stereocenters. The zero-order valence-corrected chi connectivity index (χ0v) is 16.0. The van der Waals surface area contributed by atoms with Crippen molar-refractivity contribution in [2.24, 2.45) is 0 Å². The van der Waals surface area contributed by atoms with Crippen molar-refractivity contribution in [1.82, 2.24) is 14.8 Å². The first-order valence-electron chi connectivity index (χ1n) is 9.77. The van der Waals surface area contributed by atoms with Crippen molar-refractivity contribution >= 4 is 0 Å². The number of rotatable bonds is 5. The topological polar surface area (TPSA) is 32.5 Å². The van der Waals surface area contributed by atoms with Gasteiger partial charge < -0.3 is 4.42 Å². The van der Waals surface area contributed by atoms with Gasteiger partial charge in [-0.25, -0.2) is 4.98 Å². The highest BCUT2D eigenvalue weighted by molar-refractivity contribution is 5.52. The number of aryl methyl sites for hydroxylation is 1. The SMILES string of the molecule is Cc1ccccc1CN1CCCN(Cc2coc(-c3ccccc3)n2)CC1. The standard InChI is InChI=1S/C23H27N3O/c1-19-8-5-6-11-21(19)16-25-12-7-13-26(15-14-25)17-22-18-27-23(24-22)20-9-3-2-4-10-20/h2-6,8-11,18H,7,12-17H2,1H3. The summed E-state index contributed by atoms with van der Waals surface area (Å²) in [6.45, 7) is 8.53. The molecular formula is C23H27N3O. The van der Waals surface area contributed by atoms with Crippen LogP contribution in [0.4, 0.5) is 0 Å². The first-order valence-corrected chi connectivity index (χ1v) is 9.77. The van der Waals surface area contributed by atoms with E-state index in [0.29, 0.717) is 5.89 Å². The fourth-order valence-corrected chi connectivity index (χ4v) is 3.69. The van der Waals surface area contributed by atoms with E-state index in [-0.39, 0.29) is 0 Å². The molecule has 1 aliphatic rings. The molecule has 0 atom stereocenters. The Balaban J connectivity index is 1.34. The molecule has 1 fully saturated rings. The average molecular weight is 361 g/mol. The van der Waals surface area contributed by atoms with E-state index >= 15 is 0 Å². The van der Waals surface area contributed by atoms with E-state index in [4.69, 9.17) is 4.42 Å². The Morgan fingerprint density at radius 2 is 1.56 bits per heavy atom. The van der Waals surface area contributed by atoms with Gasteiger partial charge in [-0.05, 0) is 49.7 Å². The molecule has 0 amide bonds. The molecule has 3 aromatic rings. The Morgan fingerprint density at radius 3 is 2.33 bits per heavy atom. The van der Waals surface area contributed by atoms with Crippen molar-refractivity contribution in [1.29, 1.82) is 0 Å². The minimum Gasteiger partial charge on any atom is -0.444 e. The van der Waals surface area contributed by atoms with Crippen LogP contribution in [-0.2, 0) is 13.1 Å². The van der Waals surface area contributed by atoms with Crippen LogP contribution in [0.1, 0.15) is 23.2 Å². The smallest absolute Gasteiger partial charge is 0.226 e. The third-order valence-electron chi connectivity index (χ3n) is 5.29. The molecule has 27 heavy (non-hydrogen) atoms. The molecule has 1 aliphatic heterocycles. The van der Waals surface area contributed by atoms with Gasteiger partial charge in [-0.15, -0.1) is 0 Å². The number of aromatic nitrogens is 1. The van der Waals surface area contributed by atoms with Gasteiger partial charge in [0.2, 0.25) is 5.89 Å². The number of hydrogen-bond acceptors (Lipinski definition) is 4. The van der Waals surface area contributed by atoms with Gasteiger partial charge in [0.05, 0.1) is 5.69 Å². The van der Waals surface area contributed by atoms with Crippen LogP contribution in [-0.4, -0.2) is 41.0 Å². The second-order valence-electron chi connectivity index (χ2n) is 7.34. The molecule has 4 nitrogen and oxygen atoms in total. The molecule has 0 N–H and O–H groups in total. The van der Waals surface area contributed by atoms with E-state index in [1.54, 1.807) is 6.26 Å². The Bertz CT molecular complexity index is 859. The van der Waals surface area contributed by atoms with E-state index in [1.165, 1.54) is 17.5 Å². The average Bonchev–Trinajstić information content (AvgIpc) is 3.05. The maximum Gasteiger partial charge on any atom is 0.226 e. The highest BCUT2D eigenvalue weighted by Crippen LogP contribution is 2.19. The molecule has 2 aromatic carbocycles. The lowest BCUT2D eigenvalue weighted by atomic mass is 10.1. The van der Waals surface area contributed by atoms with Gasteiger partial charge in [-0.3, -0.25) is 9.80 Å². The largest absolute Gasteiger partial charge is 0.444 e. The summed E-state index contributed by atoms with van der Waals surface area (Å²) in [5.41, 5.74) is 4.87. The molecule has 4 heteroatoms. The molecule has 2 heterocycles. The Hall–Kier alpha value is -2.43. The minimum absolute atomic E-state index is 0.710. The van der Waals surface area contributed by atoms with Gasteiger partial charge in [-0.2, -0.15) is 0 Å². The van der Waals surface area contributed by atoms with Crippen LogP contribution in [0.5, 0.6) is 0 Å². The van der Waals surface area contributed by atoms with Gasteiger partial charge in [0, 0.05) is 31.7 Å². The molecule has 1 aromatic heterocycles.